The standard InChI is InChI=1S/C14H9F3O4/c15-14(16,17)21-10-6-8(5-9(7-10)13(19)20)11-3-1-2-4-12(11)18/h1-7,18H,(H,19,20). The molecule has 0 heterocycles. The lowest BCUT2D eigenvalue weighted by atomic mass is 10.0. The highest BCUT2D eigenvalue weighted by Gasteiger charge is 2.31. The number of phenolic OH excluding ortho intramolecular Hbond substituents is 1. The molecule has 2 N–H and O–H groups in total. The molecule has 0 atom stereocenters. The average Bonchev–Trinajstić information content (AvgIpc) is 2.36. The first-order valence-corrected chi connectivity index (χ1v) is 5.69. The molecule has 0 aliphatic heterocycles. The highest BCUT2D eigenvalue weighted by atomic mass is 19.4. The Balaban J connectivity index is 2.56. The van der Waals surface area contributed by atoms with Crippen molar-refractivity contribution in [1.82, 2.24) is 0 Å². The summed E-state index contributed by atoms with van der Waals surface area (Å²) in [4.78, 5) is 11.0. The lowest BCUT2D eigenvalue weighted by Gasteiger charge is -2.12. The van der Waals surface area contributed by atoms with Gasteiger partial charge in [0.05, 0.1) is 5.56 Å². The van der Waals surface area contributed by atoms with Gasteiger partial charge in [-0.3, -0.25) is 0 Å². The van der Waals surface area contributed by atoms with Gasteiger partial charge >= 0.3 is 12.3 Å². The topological polar surface area (TPSA) is 66.8 Å². The van der Waals surface area contributed by atoms with E-state index in [1.165, 1.54) is 18.2 Å². The van der Waals surface area contributed by atoms with Crippen molar-refractivity contribution in [2.75, 3.05) is 0 Å². The van der Waals surface area contributed by atoms with E-state index in [9.17, 15) is 23.1 Å². The predicted molar refractivity (Wildman–Crippen MR) is 67.2 cm³/mol. The van der Waals surface area contributed by atoms with Crippen molar-refractivity contribution >= 4 is 5.97 Å². The maximum atomic E-state index is 12.3. The average molecular weight is 298 g/mol. The van der Waals surface area contributed by atoms with Gasteiger partial charge in [0.2, 0.25) is 0 Å². The molecule has 2 aromatic rings. The van der Waals surface area contributed by atoms with Crippen LogP contribution >= 0.6 is 0 Å². The highest BCUT2D eigenvalue weighted by Crippen LogP contribution is 2.33. The first kappa shape index (κ1) is 14.7. The minimum atomic E-state index is -4.94. The van der Waals surface area contributed by atoms with Crippen molar-refractivity contribution in [1.29, 1.82) is 0 Å². The summed E-state index contributed by atoms with van der Waals surface area (Å²) >= 11 is 0. The van der Waals surface area contributed by atoms with Crippen LogP contribution in [0, 0.1) is 0 Å². The van der Waals surface area contributed by atoms with E-state index in [1.807, 2.05) is 0 Å². The smallest absolute Gasteiger partial charge is 0.507 e. The second-order valence-electron chi connectivity index (χ2n) is 4.12. The zero-order valence-corrected chi connectivity index (χ0v) is 10.4. The van der Waals surface area contributed by atoms with Gasteiger partial charge < -0.3 is 14.9 Å². The van der Waals surface area contributed by atoms with Gasteiger partial charge in [0.25, 0.3) is 0 Å². The Morgan fingerprint density at radius 2 is 1.76 bits per heavy atom. The van der Waals surface area contributed by atoms with Crippen molar-refractivity contribution < 1.29 is 32.9 Å². The fourth-order valence-corrected chi connectivity index (χ4v) is 1.79. The van der Waals surface area contributed by atoms with E-state index >= 15 is 0 Å². The fraction of sp³-hybridized carbons (Fsp3) is 0.0714. The molecule has 0 unspecified atom stereocenters. The molecule has 4 nitrogen and oxygen atoms in total. The third kappa shape index (κ3) is 3.65. The van der Waals surface area contributed by atoms with Gasteiger partial charge in [-0.25, -0.2) is 4.79 Å². The zero-order valence-electron chi connectivity index (χ0n) is 10.4. The van der Waals surface area contributed by atoms with Gasteiger partial charge in [-0.05, 0) is 29.8 Å². The minimum absolute atomic E-state index is 0.104. The number of rotatable bonds is 3. The Bertz CT molecular complexity index is 680. The van der Waals surface area contributed by atoms with Crippen LogP contribution in [-0.4, -0.2) is 22.5 Å². The summed E-state index contributed by atoms with van der Waals surface area (Å²) in [6.45, 7) is 0. The Hall–Kier alpha value is -2.70. The Labute approximate surface area is 117 Å². The number of carbonyl (C=O) groups is 1. The van der Waals surface area contributed by atoms with Crippen molar-refractivity contribution in [3.63, 3.8) is 0 Å². The lowest BCUT2D eigenvalue weighted by molar-refractivity contribution is -0.274. The summed E-state index contributed by atoms with van der Waals surface area (Å²) in [7, 11) is 0. The Morgan fingerprint density at radius 3 is 2.33 bits per heavy atom. The molecule has 0 aromatic heterocycles. The normalized spacial score (nSPS) is 11.2. The van der Waals surface area contributed by atoms with Gasteiger partial charge in [-0.15, -0.1) is 13.2 Å². The SMILES string of the molecule is O=C(O)c1cc(OC(F)(F)F)cc(-c2ccccc2O)c1. The summed E-state index contributed by atoms with van der Waals surface area (Å²) in [6, 6.07) is 8.81. The van der Waals surface area contributed by atoms with Crippen LogP contribution in [0.3, 0.4) is 0 Å². The quantitative estimate of drug-likeness (QED) is 0.907. The number of halogens is 3. The molecule has 0 aliphatic carbocycles. The number of hydrogen-bond donors (Lipinski definition) is 2. The number of benzene rings is 2. The zero-order chi connectivity index (χ0) is 15.6. The summed E-state index contributed by atoms with van der Waals surface area (Å²) in [5.74, 6) is -2.25. The molecule has 0 saturated carbocycles. The molecule has 0 aliphatic rings. The number of carboxylic acids is 1. The van der Waals surface area contributed by atoms with Crippen molar-refractivity contribution in [3.05, 3.63) is 48.0 Å². The third-order valence-electron chi connectivity index (χ3n) is 2.60. The van der Waals surface area contributed by atoms with Crippen LogP contribution in [0.2, 0.25) is 0 Å². The number of alkyl halides is 3. The second-order valence-corrected chi connectivity index (χ2v) is 4.12. The van der Waals surface area contributed by atoms with Gasteiger partial charge in [0, 0.05) is 5.56 Å². The van der Waals surface area contributed by atoms with Crippen LogP contribution < -0.4 is 4.74 Å². The fourth-order valence-electron chi connectivity index (χ4n) is 1.79. The molecule has 21 heavy (non-hydrogen) atoms. The second kappa shape index (κ2) is 5.35. The number of hydrogen-bond acceptors (Lipinski definition) is 3. The van der Waals surface area contributed by atoms with E-state index in [2.05, 4.69) is 4.74 Å². The molecular formula is C14H9F3O4. The summed E-state index contributed by atoms with van der Waals surface area (Å²) < 4.78 is 40.6. The molecule has 0 fully saturated rings. The molecule has 2 rings (SSSR count). The van der Waals surface area contributed by atoms with Gasteiger partial charge in [0.1, 0.15) is 11.5 Å². The molecule has 0 spiro atoms. The number of phenols is 1. The maximum Gasteiger partial charge on any atom is 0.573 e. The highest BCUT2D eigenvalue weighted by molar-refractivity contribution is 5.90. The summed E-state index contributed by atoms with van der Waals surface area (Å²) in [6.07, 6.45) is -4.94. The van der Waals surface area contributed by atoms with E-state index in [-0.39, 0.29) is 22.4 Å². The van der Waals surface area contributed by atoms with Crippen LogP contribution in [0.5, 0.6) is 11.5 Å². The lowest BCUT2D eigenvalue weighted by Crippen LogP contribution is -2.17. The molecule has 0 radical (unpaired) electrons. The van der Waals surface area contributed by atoms with E-state index in [1.54, 1.807) is 6.07 Å². The molecule has 110 valence electrons. The number of aromatic carboxylic acids is 1. The Morgan fingerprint density at radius 1 is 1.10 bits per heavy atom. The van der Waals surface area contributed by atoms with Crippen LogP contribution in [0.15, 0.2) is 42.5 Å². The van der Waals surface area contributed by atoms with E-state index < -0.39 is 18.1 Å². The molecule has 0 bridgehead atoms. The summed E-state index contributed by atoms with van der Waals surface area (Å²) in [5, 5.41) is 18.7. The number of ether oxygens (including phenoxy) is 1. The van der Waals surface area contributed by atoms with Crippen LogP contribution in [-0.2, 0) is 0 Å². The van der Waals surface area contributed by atoms with Gasteiger partial charge in [-0.2, -0.15) is 0 Å². The van der Waals surface area contributed by atoms with Crippen molar-refractivity contribution in [3.8, 4) is 22.6 Å². The van der Waals surface area contributed by atoms with Crippen LogP contribution in [0.25, 0.3) is 11.1 Å². The maximum absolute atomic E-state index is 12.3. The number of aromatic hydroxyl groups is 1. The van der Waals surface area contributed by atoms with E-state index in [0.717, 1.165) is 18.2 Å². The monoisotopic (exact) mass is 298 g/mol. The van der Waals surface area contributed by atoms with Gasteiger partial charge in [-0.1, -0.05) is 18.2 Å². The van der Waals surface area contributed by atoms with E-state index in [4.69, 9.17) is 5.11 Å². The third-order valence-corrected chi connectivity index (χ3v) is 2.60. The van der Waals surface area contributed by atoms with Crippen LogP contribution in [0.4, 0.5) is 13.2 Å². The molecule has 0 saturated heterocycles. The van der Waals surface area contributed by atoms with Gasteiger partial charge in [0.15, 0.2) is 0 Å². The Kier molecular flexibility index (Phi) is 3.75. The predicted octanol–water partition coefficient (Wildman–Crippen LogP) is 3.66. The molecule has 0 amide bonds. The molecule has 2 aromatic carbocycles. The number of para-hydroxylation sites is 1. The van der Waals surface area contributed by atoms with Crippen molar-refractivity contribution in [2.45, 2.75) is 6.36 Å². The first-order chi connectivity index (χ1) is 9.76. The van der Waals surface area contributed by atoms with Crippen molar-refractivity contribution in [2.24, 2.45) is 0 Å². The van der Waals surface area contributed by atoms with Crippen LogP contribution in [0.1, 0.15) is 10.4 Å². The van der Waals surface area contributed by atoms with E-state index in [0.29, 0.717) is 0 Å². The summed E-state index contributed by atoms with van der Waals surface area (Å²) in [5.41, 5.74) is -0.0742. The largest absolute Gasteiger partial charge is 0.573 e. The first-order valence-electron chi connectivity index (χ1n) is 5.69. The molecule has 7 heteroatoms. The minimum Gasteiger partial charge on any atom is -0.507 e. The molecular weight excluding hydrogens is 289 g/mol. The number of carboxylic acid groups (broad SMARTS) is 1.